The molecule has 0 amide bonds. The summed E-state index contributed by atoms with van der Waals surface area (Å²) in [7, 11) is 2.08. The summed E-state index contributed by atoms with van der Waals surface area (Å²) in [4.78, 5) is 6.80. The first-order valence-corrected chi connectivity index (χ1v) is 8.46. The minimum atomic E-state index is 0.615. The van der Waals surface area contributed by atoms with Crippen LogP contribution in [-0.2, 0) is 33.0 Å². The van der Waals surface area contributed by atoms with E-state index in [9.17, 15) is 0 Å². The Hall–Kier alpha value is -1.62. The fourth-order valence-corrected chi connectivity index (χ4v) is 3.72. The molecule has 1 fully saturated rings. The molecule has 5 nitrogen and oxygen atoms in total. The molecule has 22 heavy (non-hydrogen) atoms. The molecule has 0 aliphatic carbocycles. The fraction of sp³-hybridized carbons (Fsp3) is 0.647. The second-order valence-corrected chi connectivity index (χ2v) is 6.23. The summed E-state index contributed by atoms with van der Waals surface area (Å²) >= 11 is 0. The molecule has 2 aromatic heterocycles. The number of likely N-dealkylation sites (tertiary alicyclic amines) is 1. The van der Waals surface area contributed by atoms with Gasteiger partial charge in [0.1, 0.15) is 0 Å². The molecule has 0 bridgehead atoms. The summed E-state index contributed by atoms with van der Waals surface area (Å²) in [6.07, 6.45) is 10.5. The maximum absolute atomic E-state index is 4.72. The van der Waals surface area contributed by atoms with E-state index in [1.165, 1.54) is 36.3 Å². The third-order valence-corrected chi connectivity index (χ3v) is 4.87. The Kier molecular flexibility index (Phi) is 4.62. The van der Waals surface area contributed by atoms with E-state index < -0.39 is 0 Å². The quantitative estimate of drug-likeness (QED) is 0.822. The van der Waals surface area contributed by atoms with Crippen molar-refractivity contribution in [2.45, 2.75) is 58.7 Å². The molecule has 1 saturated heterocycles. The van der Waals surface area contributed by atoms with Crippen molar-refractivity contribution < 1.29 is 0 Å². The molecule has 0 saturated carbocycles. The number of rotatable bonds is 6. The lowest BCUT2D eigenvalue weighted by atomic mass is 10.1. The van der Waals surface area contributed by atoms with E-state index in [2.05, 4.69) is 46.2 Å². The molecule has 0 N–H and O–H groups in total. The van der Waals surface area contributed by atoms with Crippen molar-refractivity contribution in [2.75, 3.05) is 6.54 Å². The SMILES string of the molecule is CCc1nn(C)c(CC)c1CN1CCCC1Cn1ccnc1. The molecule has 5 heteroatoms. The highest BCUT2D eigenvalue weighted by atomic mass is 15.3. The van der Waals surface area contributed by atoms with E-state index in [0.717, 1.165) is 25.9 Å². The second-order valence-electron chi connectivity index (χ2n) is 6.23. The topological polar surface area (TPSA) is 38.9 Å². The smallest absolute Gasteiger partial charge is 0.0946 e. The molecular weight excluding hydrogens is 274 g/mol. The van der Waals surface area contributed by atoms with E-state index in [-0.39, 0.29) is 0 Å². The van der Waals surface area contributed by atoms with Crippen LogP contribution in [0.25, 0.3) is 0 Å². The van der Waals surface area contributed by atoms with Gasteiger partial charge in [-0.05, 0) is 32.2 Å². The van der Waals surface area contributed by atoms with E-state index in [4.69, 9.17) is 5.10 Å². The third kappa shape index (κ3) is 2.95. The number of aryl methyl sites for hydroxylation is 2. The Bertz CT molecular complexity index is 599. The van der Waals surface area contributed by atoms with Crippen LogP contribution < -0.4 is 0 Å². The molecule has 3 heterocycles. The zero-order chi connectivity index (χ0) is 15.5. The van der Waals surface area contributed by atoms with Crippen molar-refractivity contribution in [3.05, 3.63) is 35.7 Å². The van der Waals surface area contributed by atoms with Gasteiger partial charge in [0, 0.05) is 49.8 Å². The zero-order valence-electron chi connectivity index (χ0n) is 14.0. The Balaban J connectivity index is 1.77. The number of hydrogen-bond donors (Lipinski definition) is 0. The highest BCUT2D eigenvalue weighted by Crippen LogP contribution is 2.25. The van der Waals surface area contributed by atoms with Crippen molar-refractivity contribution in [1.82, 2.24) is 24.2 Å². The highest BCUT2D eigenvalue weighted by Gasteiger charge is 2.27. The summed E-state index contributed by atoms with van der Waals surface area (Å²) in [6.45, 7) is 7.72. The van der Waals surface area contributed by atoms with Crippen LogP contribution in [0.2, 0.25) is 0 Å². The largest absolute Gasteiger partial charge is 0.336 e. The number of nitrogens with zero attached hydrogens (tertiary/aromatic N) is 5. The molecule has 0 radical (unpaired) electrons. The van der Waals surface area contributed by atoms with Gasteiger partial charge in [-0.3, -0.25) is 9.58 Å². The lowest BCUT2D eigenvalue weighted by Gasteiger charge is -2.25. The maximum atomic E-state index is 4.72. The lowest BCUT2D eigenvalue weighted by molar-refractivity contribution is 0.223. The van der Waals surface area contributed by atoms with Crippen LogP contribution in [0.1, 0.15) is 43.6 Å². The van der Waals surface area contributed by atoms with Gasteiger partial charge in [0.15, 0.2) is 0 Å². The van der Waals surface area contributed by atoms with Gasteiger partial charge in [0.05, 0.1) is 12.0 Å². The van der Waals surface area contributed by atoms with Gasteiger partial charge in [-0.25, -0.2) is 4.98 Å². The summed E-state index contributed by atoms with van der Waals surface area (Å²) in [5.41, 5.74) is 4.13. The van der Waals surface area contributed by atoms with Crippen molar-refractivity contribution >= 4 is 0 Å². The summed E-state index contributed by atoms with van der Waals surface area (Å²) in [5.74, 6) is 0. The molecule has 0 spiro atoms. The van der Waals surface area contributed by atoms with Crippen molar-refractivity contribution in [2.24, 2.45) is 7.05 Å². The first-order chi connectivity index (χ1) is 10.7. The van der Waals surface area contributed by atoms with Crippen LogP contribution in [0.4, 0.5) is 0 Å². The van der Waals surface area contributed by atoms with Crippen LogP contribution in [-0.4, -0.2) is 36.8 Å². The highest BCUT2D eigenvalue weighted by molar-refractivity contribution is 5.27. The summed E-state index contributed by atoms with van der Waals surface area (Å²) in [5, 5.41) is 4.72. The first-order valence-electron chi connectivity index (χ1n) is 8.46. The molecular formula is C17H27N5. The van der Waals surface area contributed by atoms with Crippen molar-refractivity contribution in [1.29, 1.82) is 0 Å². The van der Waals surface area contributed by atoms with E-state index in [0.29, 0.717) is 6.04 Å². The van der Waals surface area contributed by atoms with Crippen LogP contribution in [0.15, 0.2) is 18.7 Å². The molecule has 1 aliphatic heterocycles. The predicted octanol–water partition coefficient (Wildman–Crippen LogP) is 2.41. The zero-order valence-corrected chi connectivity index (χ0v) is 14.0. The number of aromatic nitrogens is 4. The van der Waals surface area contributed by atoms with Gasteiger partial charge in [-0.1, -0.05) is 13.8 Å². The van der Waals surface area contributed by atoms with Gasteiger partial charge >= 0.3 is 0 Å². The van der Waals surface area contributed by atoms with Crippen LogP contribution in [0, 0.1) is 0 Å². The Labute approximate surface area is 133 Å². The minimum absolute atomic E-state index is 0.615. The molecule has 1 atom stereocenters. The van der Waals surface area contributed by atoms with Gasteiger partial charge in [-0.15, -0.1) is 0 Å². The van der Waals surface area contributed by atoms with Crippen molar-refractivity contribution in [3.8, 4) is 0 Å². The first kappa shape index (κ1) is 15.3. The Morgan fingerprint density at radius 1 is 1.27 bits per heavy atom. The average molecular weight is 301 g/mol. The third-order valence-electron chi connectivity index (χ3n) is 4.87. The van der Waals surface area contributed by atoms with Crippen LogP contribution in [0.3, 0.4) is 0 Å². The van der Waals surface area contributed by atoms with Crippen LogP contribution >= 0.6 is 0 Å². The molecule has 1 unspecified atom stereocenters. The molecule has 3 rings (SSSR count). The van der Waals surface area contributed by atoms with Gasteiger partial charge in [0.25, 0.3) is 0 Å². The normalized spacial score (nSPS) is 19.1. The maximum Gasteiger partial charge on any atom is 0.0946 e. The monoisotopic (exact) mass is 301 g/mol. The van der Waals surface area contributed by atoms with Crippen LogP contribution in [0.5, 0.6) is 0 Å². The average Bonchev–Trinajstić information content (AvgIpc) is 3.22. The van der Waals surface area contributed by atoms with Gasteiger partial charge in [0.2, 0.25) is 0 Å². The molecule has 120 valence electrons. The van der Waals surface area contributed by atoms with E-state index >= 15 is 0 Å². The predicted molar refractivity (Wildman–Crippen MR) is 87.6 cm³/mol. The molecule has 0 aromatic carbocycles. The second kappa shape index (κ2) is 6.65. The summed E-state index contributed by atoms with van der Waals surface area (Å²) in [6, 6.07) is 0.615. The number of imidazole rings is 1. The van der Waals surface area contributed by atoms with Gasteiger partial charge < -0.3 is 4.57 Å². The lowest BCUT2D eigenvalue weighted by Crippen LogP contribution is -2.32. The Morgan fingerprint density at radius 2 is 2.14 bits per heavy atom. The van der Waals surface area contributed by atoms with E-state index in [1.807, 2.05) is 12.5 Å². The minimum Gasteiger partial charge on any atom is -0.336 e. The Morgan fingerprint density at radius 3 is 2.82 bits per heavy atom. The van der Waals surface area contributed by atoms with E-state index in [1.54, 1.807) is 0 Å². The van der Waals surface area contributed by atoms with Crippen molar-refractivity contribution in [3.63, 3.8) is 0 Å². The molecule has 2 aromatic rings. The van der Waals surface area contributed by atoms with Gasteiger partial charge in [-0.2, -0.15) is 5.10 Å². The fourth-order valence-electron chi connectivity index (χ4n) is 3.72. The summed E-state index contributed by atoms with van der Waals surface area (Å²) < 4.78 is 4.28. The standard InChI is InChI=1S/C17H27N5/c1-4-16-15(17(5-2)20(3)19-16)12-22-9-6-7-14(22)11-21-10-8-18-13-21/h8,10,13-14H,4-7,9,11-12H2,1-3H3. The number of hydrogen-bond acceptors (Lipinski definition) is 3. The molecule has 1 aliphatic rings.